The molecule has 0 N–H and O–H groups in total. The minimum absolute atomic E-state index is 0.0416. The molecule has 0 amide bonds. The van der Waals surface area contributed by atoms with Gasteiger partial charge in [-0.15, -0.1) is 0 Å². The Kier molecular flexibility index (Phi) is 3.22. The summed E-state index contributed by atoms with van der Waals surface area (Å²) in [7, 11) is 0. The van der Waals surface area contributed by atoms with E-state index in [-0.39, 0.29) is 5.56 Å². The lowest BCUT2D eigenvalue weighted by Crippen LogP contribution is -2.49. The maximum atomic E-state index is 12.1. The lowest BCUT2D eigenvalue weighted by atomic mass is 10.0. The molecule has 0 atom stereocenters. The molecule has 4 heterocycles. The van der Waals surface area contributed by atoms with Gasteiger partial charge in [-0.3, -0.25) is 13.9 Å². The first kappa shape index (κ1) is 13.5. The predicted molar refractivity (Wildman–Crippen MR) is 87.1 cm³/mol. The van der Waals surface area contributed by atoms with Gasteiger partial charge in [0.2, 0.25) is 0 Å². The topological polar surface area (TPSA) is 55.4 Å². The lowest BCUT2D eigenvalue weighted by Gasteiger charge is -2.40. The molecule has 1 aliphatic heterocycles. The van der Waals surface area contributed by atoms with Crippen molar-refractivity contribution in [3.05, 3.63) is 57.7 Å². The molecule has 3 aromatic rings. The molecule has 22 heavy (non-hydrogen) atoms. The van der Waals surface area contributed by atoms with Crippen LogP contribution in [0.25, 0.3) is 5.65 Å². The standard InChI is InChI=1S/C15H14BrN5O/c16-12-6-17-20(10-12)9-11-7-19(8-11)14-5-15(22)21-4-2-1-3-13(21)18-14/h1-6,10-11H,7-9H2. The van der Waals surface area contributed by atoms with Crippen molar-refractivity contribution in [3.8, 4) is 0 Å². The minimum atomic E-state index is -0.0416. The highest BCUT2D eigenvalue weighted by atomic mass is 79.9. The number of aromatic nitrogens is 4. The van der Waals surface area contributed by atoms with Gasteiger partial charge in [0, 0.05) is 44.0 Å². The summed E-state index contributed by atoms with van der Waals surface area (Å²) in [4.78, 5) is 18.8. The van der Waals surface area contributed by atoms with Gasteiger partial charge in [-0.1, -0.05) is 6.07 Å². The smallest absolute Gasteiger partial charge is 0.259 e. The van der Waals surface area contributed by atoms with E-state index in [0.29, 0.717) is 11.6 Å². The lowest BCUT2D eigenvalue weighted by molar-refractivity contribution is 0.340. The molecule has 3 aromatic heterocycles. The van der Waals surface area contributed by atoms with Crippen molar-refractivity contribution < 1.29 is 0 Å². The molecule has 112 valence electrons. The van der Waals surface area contributed by atoms with E-state index in [4.69, 9.17) is 0 Å². The molecule has 0 spiro atoms. The Labute approximate surface area is 135 Å². The molecule has 0 aromatic carbocycles. The van der Waals surface area contributed by atoms with Gasteiger partial charge in [-0.05, 0) is 28.1 Å². The Hall–Kier alpha value is -2.15. The summed E-state index contributed by atoms with van der Waals surface area (Å²) in [5, 5.41) is 4.27. The highest BCUT2D eigenvalue weighted by Crippen LogP contribution is 2.23. The third-order valence-electron chi connectivity index (χ3n) is 3.89. The summed E-state index contributed by atoms with van der Waals surface area (Å²) in [6.07, 6.45) is 5.51. The van der Waals surface area contributed by atoms with Gasteiger partial charge in [-0.2, -0.15) is 5.10 Å². The van der Waals surface area contributed by atoms with Crippen LogP contribution >= 0.6 is 15.9 Å². The van der Waals surface area contributed by atoms with Crippen LogP contribution in [-0.2, 0) is 6.54 Å². The van der Waals surface area contributed by atoms with Crippen molar-refractivity contribution in [3.63, 3.8) is 0 Å². The fourth-order valence-electron chi connectivity index (χ4n) is 2.78. The van der Waals surface area contributed by atoms with Crippen molar-refractivity contribution in [1.29, 1.82) is 0 Å². The molecule has 6 nitrogen and oxygen atoms in total. The van der Waals surface area contributed by atoms with Crippen LogP contribution in [0.4, 0.5) is 5.82 Å². The second-order valence-corrected chi connectivity index (χ2v) is 6.45. The van der Waals surface area contributed by atoms with Crippen LogP contribution in [0.5, 0.6) is 0 Å². The van der Waals surface area contributed by atoms with Crippen molar-refractivity contribution in [2.45, 2.75) is 6.54 Å². The summed E-state index contributed by atoms with van der Waals surface area (Å²) in [5.74, 6) is 1.29. The summed E-state index contributed by atoms with van der Waals surface area (Å²) in [6.45, 7) is 2.68. The Morgan fingerprint density at radius 1 is 1.32 bits per heavy atom. The number of pyridine rings is 1. The molecular weight excluding hydrogens is 346 g/mol. The van der Waals surface area contributed by atoms with Crippen molar-refractivity contribution in [2.75, 3.05) is 18.0 Å². The second kappa shape index (κ2) is 5.24. The normalized spacial score (nSPS) is 15.2. The van der Waals surface area contributed by atoms with E-state index in [0.717, 1.165) is 29.9 Å². The van der Waals surface area contributed by atoms with Crippen LogP contribution < -0.4 is 10.5 Å². The molecule has 0 radical (unpaired) electrons. The molecule has 0 unspecified atom stereocenters. The number of hydrogen-bond acceptors (Lipinski definition) is 4. The third-order valence-corrected chi connectivity index (χ3v) is 4.30. The number of anilines is 1. The summed E-state index contributed by atoms with van der Waals surface area (Å²) >= 11 is 3.40. The zero-order valence-electron chi connectivity index (χ0n) is 11.8. The number of halogens is 1. The predicted octanol–water partition coefficient (Wildman–Crippen LogP) is 1.79. The highest BCUT2D eigenvalue weighted by Gasteiger charge is 2.28. The molecule has 0 bridgehead atoms. The van der Waals surface area contributed by atoms with Gasteiger partial charge >= 0.3 is 0 Å². The molecule has 1 saturated heterocycles. The van der Waals surface area contributed by atoms with E-state index >= 15 is 0 Å². The maximum Gasteiger partial charge on any atom is 0.259 e. The van der Waals surface area contributed by atoms with E-state index in [1.807, 2.05) is 29.1 Å². The fourth-order valence-corrected chi connectivity index (χ4v) is 3.11. The average Bonchev–Trinajstić information content (AvgIpc) is 2.88. The molecule has 1 aliphatic rings. The van der Waals surface area contributed by atoms with Crippen LogP contribution in [0.2, 0.25) is 0 Å². The number of rotatable bonds is 3. The first-order valence-electron chi connectivity index (χ1n) is 7.10. The minimum Gasteiger partial charge on any atom is -0.356 e. The molecule has 0 saturated carbocycles. The van der Waals surface area contributed by atoms with Crippen molar-refractivity contribution >= 4 is 27.4 Å². The van der Waals surface area contributed by atoms with Crippen LogP contribution in [0.3, 0.4) is 0 Å². The summed E-state index contributed by atoms with van der Waals surface area (Å²) in [6, 6.07) is 7.18. The molecule has 1 fully saturated rings. The Balaban J connectivity index is 1.49. The number of nitrogens with zero attached hydrogens (tertiary/aromatic N) is 5. The SMILES string of the molecule is O=c1cc(N2CC(Cn3cc(Br)cn3)C2)nc2ccccn12. The van der Waals surface area contributed by atoms with E-state index < -0.39 is 0 Å². The molecule has 7 heteroatoms. The zero-order valence-corrected chi connectivity index (χ0v) is 13.3. The van der Waals surface area contributed by atoms with Gasteiger partial charge in [-0.25, -0.2) is 4.98 Å². The van der Waals surface area contributed by atoms with Gasteiger partial charge in [0.05, 0.1) is 10.7 Å². The summed E-state index contributed by atoms with van der Waals surface area (Å²) < 4.78 is 4.49. The third kappa shape index (κ3) is 2.41. The van der Waals surface area contributed by atoms with Crippen molar-refractivity contribution in [1.82, 2.24) is 19.2 Å². The molecular formula is C15H14BrN5O. The Morgan fingerprint density at radius 2 is 2.18 bits per heavy atom. The maximum absolute atomic E-state index is 12.1. The van der Waals surface area contributed by atoms with Crippen LogP contribution in [0.1, 0.15) is 0 Å². The first-order chi connectivity index (χ1) is 10.7. The quantitative estimate of drug-likeness (QED) is 0.715. The van der Waals surface area contributed by atoms with E-state index in [1.54, 1.807) is 22.9 Å². The van der Waals surface area contributed by atoms with Crippen LogP contribution in [0.15, 0.2) is 52.1 Å². The van der Waals surface area contributed by atoms with Gasteiger partial charge in [0.25, 0.3) is 5.56 Å². The van der Waals surface area contributed by atoms with Gasteiger partial charge in [0.1, 0.15) is 11.5 Å². The van der Waals surface area contributed by atoms with Crippen LogP contribution in [0, 0.1) is 5.92 Å². The number of fused-ring (bicyclic) bond motifs is 1. The van der Waals surface area contributed by atoms with E-state index in [2.05, 4.69) is 30.9 Å². The molecule has 4 rings (SSSR count). The highest BCUT2D eigenvalue weighted by molar-refractivity contribution is 9.10. The van der Waals surface area contributed by atoms with E-state index in [9.17, 15) is 4.79 Å². The summed E-state index contributed by atoms with van der Waals surface area (Å²) in [5.41, 5.74) is 0.643. The Bertz CT molecular complexity index is 881. The fraction of sp³-hybridized carbons (Fsp3) is 0.267. The first-order valence-corrected chi connectivity index (χ1v) is 7.90. The zero-order chi connectivity index (χ0) is 15.1. The largest absolute Gasteiger partial charge is 0.356 e. The Morgan fingerprint density at radius 3 is 2.95 bits per heavy atom. The number of hydrogen-bond donors (Lipinski definition) is 0. The van der Waals surface area contributed by atoms with E-state index in [1.165, 1.54) is 0 Å². The van der Waals surface area contributed by atoms with Crippen molar-refractivity contribution in [2.24, 2.45) is 5.92 Å². The van der Waals surface area contributed by atoms with Gasteiger partial charge < -0.3 is 4.90 Å². The average molecular weight is 360 g/mol. The monoisotopic (exact) mass is 359 g/mol. The van der Waals surface area contributed by atoms with Crippen LogP contribution in [-0.4, -0.2) is 32.3 Å². The molecule has 0 aliphatic carbocycles. The second-order valence-electron chi connectivity index (χ2n) is 5.53. The van der Waals surface area contributed by atoms with Gasteiger partial charge in [0.15, 0.2) is 0 Å².